The van der Waals surface area contributed by atoms with Gasteiger partial charge in [0, 0.05) is 16.1 Å². The van der Waals surface area contributed by atoms with Gasteiger partial charge in [-0.2, -0.15) is 13.2 Å². The molecule has 0 N–H and O–H groups in total. The second-order valence-electron chi connectivity index (χ2n) is 8.06. The van der Waals surface area contributed by atoms with Gasteiger partial charge in [-0.1, -0.05) is 35.2 Å². The van der Waals surface area contributed by atoms with Gasteiger partial charge in [-0.05, 0) is 51.8 Å². The average molecular weight is 466 g/mol. The number of carbonyl (C=O) groups is 1. The van der Waals surface area contributed by atoms with E-state index in [-0.39, 0.29) is 18.3 Å². The molecule has 1 aliphatic carbocycles. The lowest BCUT2D eigenvalue weighted by Gasteiger charge is -2.36. The Morgan fingerprint density at radius 1 is 1.18 bits per heavy atom. The van der Waals surface area contributed by atoms with Crippen LogP contribution in [0.25, 0.3) is 0 Å². The first-order valence-corrected chi connectivity index (χ1v) is 10.2. The molecule has 1 saturated carbocycles. The maximum absolute atomic E-state index is 12.8. The summed E-state index contributed by atoms with van der Waals surface area (Å²) in [5.41, 5.74) is -0.147. The Kier molecular flexibility index (Phi) is 7.65. The van der Waals surface area contributed by atoms with Crippen LogP contribution in [0.5, 0.6) is 5.75 Å². The van der Waals surface area contributed by atoms with Gasteiger partial charge in [0.1, 0.15) is 11.4 Å². The highest BCUT2D eigenvalue weighted by atomic mass is 79.9. The van der Waals surface area contributed by atoms with Gasteiger partial charge in [-0.3, -0.25) is 0 Å². The molecular formula is C20H27BrF3NO3. The molecule has 158 valence electrons. The van der Waals surface area contributed by atoms with E-state index in [0.717, 1.165) is 32.1 Å². The van der Waals surface area contributed by atoms with E-state index in [1.54, 1.807) is 37.8 Å². The molecule has 0 saturated heterocycles. The van der Waals surface area contributed by atoms with Crippen molar-refractivity contribution in [1.82, 2.24) is 4.90 Å². The second kappa shape index (κ2) is 9.37. The lowest BCUT2D eigenvalue weighted by Crippen LogP contribution is -2.43. The summed E-state index contributed by atoms with van der Waals surface area (Å²) in [7, 11) is 0. The Labute approximate surface area is 172 Å². The lowest BCUT2D eigenvalue weighted by atomic mass is 9.94. The first kappa shape index (κ1) is 22.8. The Balaban J connectivity index is 2.26. The van der Waals surface area contributed by atoms with Gasteiger partial charge in [-0.15, -0.1) is 0 Å². The Hall–Kier alpha value is -1.44. The number of ether oxygens (including phenoxy) is 2. The summed E-state index contributed by atoms with van der Waals surface area (Å²) in [6.07, 6.45) is -0.0349. The van der Waals surface area contributed by atoms with Crippen molar-refractivity contribution in [2.45, 2.75) is 77.2 Å². The van der Waals surface area contributed by atoms with Crippen LogP contribution in [0.4, 0.5) is 18.0 Å². The zero-order chi connectivity index (χ0) is 20.9. The molecule has 1 aliphatic rings. The summed E-state index contributed by atoms with van der Waals surface area (Å²) < 4.78 is 49.1. The molecule has 1 aromatic carbocycles. The van der Waals surface area contributed by atoms with E-state index in [1.807, 2.05) is 0 Å². The van der Waals surface area contributed by atoms with Gasteiger partial charge in [0.25, 0.3) is 0 Å². The van der Waals surface area contributed by atoms with Gasteiger partial charge in [0.15, 0.2) is 6.61 Å². The monoisotopic (exact) mass is 465 g/mol. The first-order chi connectivity index (χ1) is 12.9. The van der Waals surface area contributed by atoms with E-state index in [9.17, 15) is 18.0 Å². The quantitative estimate of drug-likeness (QED) is 0.500. The second-order valence-corrected chi connectivity index (χ2v) is 8.97. The molecule has 0 bridgehead atoms. The average Bonchev–Trinajstić information content (AvgIpc) is 2.57. The molecule has 4 nitrogen and oxygen atoms in total. The number of carbonyl (C=O) groups excluding carboxylic acids is 1. The van der Waals surface area contributed by atoms with Crippen molar-refractivity contribution < 1.29 is 27.4 Å². The van der Waals surface area contributed by atoms with Crippen LogP contribution >= 0.6 is 15.9 Å². The van der Waals surface area contributed by atoms with Crippen molar-refractivity contribution in [1.29, 1.82) is 0 Å². The highest BCUT2D eigenvalue weighted by molar-refractivity contribution is 9.10. The number of halogens is 4. The molecule has 1 aromatic rings. The van der Waals surface area contributed by atoms with Crippen molar-refractivity contribution in [3.8, 4) is 5.75 Å². The van der Waals surface area contributed by atoms with E-state index >= 15 is 0 Å². The molecule has 1 fully saturated rings. The number of benzene rings is 1. The van der Waals surface area contributed by atoms with Crippen molar-refractivity contribution in [3.63, 3.8) is 0 Å². The maximum Gasteiger partial charge on any atom is 0.422 e. The summed E-state index contributed by atoms with van der Waals surface area (Å²) in [5.74, 6) is 0.116. The molecule has 0 radical (unpaired) electrons. The summed E-state index contributed by atoms with van der Waals surface area (Å²) in [5, 5.41) is 0. The normalized spacial score (nSPS) is 16.0. The largest absolute Gasteiger partial charge is 0.484 e. The highest BCUT2D eigenvalue weighted by Gasteiger charge is 2.32. The van der Waals surface area contributed by atoms with E-state index in [4.69, 9.17) is 9.47 Å². The number of alkyl halides is 3. The first-order valence-electron chi connectivity index (χ1n) is 9.42. The number of amides is 1. The topological polar surface area (TPSA) is 38.8 Å². The van der Waals surface area contributed by atoms with E-state index < -0.39 is 24.5 Å². The van der Waals surface area contributed by atoms with Crippen LogP contribution in [-0.4, -0.2) is 35.4 Å². The summed E-state index contributed by atoms with van der Waals surface area (Å²) >= 11 is 3.35. The van der Waals surface area contributed by atoms with Crippen LogP contribution in [0.1, 0.15) is 58.4 Å². The molecule has 8 heteroatoms. The van der Waals surface area contributed by atoms with Crippen LogP contribution in [-0.2, 0) is 11.3 Å². The van der Waals surface area contributed by atoms with Crippen LogP contribution in [0, 0.1) is 0 Å². The molecule has 0 spiro atoms. The van der Waals surface area contributed by atoms with Gasteiger partial charge in [0.05, 0.1) is 6.54 Å². The fourth-order valence-electron chi connectivity index (χ4n) is 3.21. The Morgan fingerprint density at radius 2 is 1.82 bits per heavy atom. The van der Waals surface area contributed by atoms with Crippen LogP contribution in [0.2, 0.25) is 0 Å². The van der Waals surface area contributed by atoms with Crippen molar-refractivity contribution in [2.24, 2.45) is 0 Å². The molecule has 2 rings (SSSR count). The summed E-state index contributed by atoms with van der Waals surface area (Å²) in [6.45, 7) is 4.13. The molecule has 0 heterocycles. The van der Waals surface area contributed by atoms with Crippen LogP contribution < -0.4 is 4.74 Å². The fourth-order valence-corrected chi connectivity index (χ4v) is 3.62. The number of rotatable bonds is 5. The summed E-state index contributed by atoms with van der Waals surface area (Å²) in [6, 6.07) is 4.79. The van der Waals surface area contributed by atoms with Gasteiger partial charge in [-0.25, -0.2) is 4.79 Å². The molecule has 0 atom stereocenters. The minimum atomic E-state index is -4.43. The summed E-state index contributed by atoms with van der Waals surface area (Å²) in [4.78, 5) is 14.5. The van der Waals surface area contributed by atoms with Crippen molar-refractivity contribution in [2.75, 3.05) is 6.61 Å². The third kappa shape index (κ3) is 7.53. The van der Waals surface area contributed by atoms with E-state index in [1.165, 1.54) is 6.07 Å². The standard InChI is InChI=1S/C20H27BrF3NO3/c1-19(2,3)28-18(26)25(16-7-5-4-6-8-16)12-14-11-15(21)9-10-17(14)27-13-20(22,23)24/h9-11,16H,4-8,12-13H2,1-3H3. The van der Waals surface area contributed by atoms with Gasteiger partial charge < -0.3 is 14.4 Å². The number of hydrogen-bond donors (Lipinski definition) is 0. The van der Waals surface area contributed by atoms with Crippen molar-refractivity contribution in [3.05, 3.63) is 28.2 Å². The molecule has 1 amide bonds. The van der Waals surface area contributed by atoms with Crippen LogP contribution in [0.15, 0.2) is 22.7 Å². The minimum Gasteiger partial charge on any atom is -0.484 e. The minimum absolute atomic E-state index is 0.00181. The maximum atomic E-state index is 12.8. The Bertz CT molecular complexity index is 668. The zero-order valence-corrected chi connectivity index (χ0v) is 18.0. The van der Waals surface area contributed by atoms with E-state index in [0.29, 0.717) is 10.0 Å². The smallest absolute Gasteiger partial charge is 0.422 e. The van der Waals surface area contributed by atoms with Crippen LogP contribution in [0.3, 0.4) is 0 Å². The highest BCUT2D eigenvalue weighted by Crippen LogP contribution is 2.31. The van der Waals surface area contributed by atoms with Crippen molar-refractivity contribution >= 4 is 22.0 Å². The third-order valence-corrected chi connectivity index (χ3v) is 4.89. The molecule has 0 aromatic heterocycles. The Morgan fingerprint density at radius 3 is 2.39 bits per heavy atom. The van der Waals surface area contributed by atoms with E-state index in [2.05, 4.69) is 15.9 Å². The zero-order valence-electron chi connectivity index (χ0n) is 16.4. The SMILES string of the molecule is CC(C)(C)OC(=O)N(Cc1cc(Br)ccc1OCC(F)(F)F)C1CCCCC1. The molecule has 0 unspecified atom stereocenters. The predicted octanol–water partition coefficient (Wildman–Crippen LogP) is 6.46. The number of nitrogens with zero attached hydrogens (tertiary/aromatic N) is 1. The number of hydrogen-bond acceptors (Lipinski definition) is 3. The third-order valence-electron chi connectivity index (χ3n) is 4.40. The fraction of sp³-hybridized carbons (Fsp3) is 0.650. The van der Waals surface area contributed by atoms with Gasteiger partial charge >= 0.3 is 12.3 Å². The van der Waals surface area contributed by atoms with Gasteiger partial charge in [0.2, 0.25) is 0 Å². The molecule has 0 aliphatic heterocycles. The molecular weight excluding hydrogens is 439 g/mol. The lowest BCUT2D eigenvalue weighted by molar-refractivity contribution is -0.153. The molecule has 28 heavy (non-hydrogen) atoms. The predicted molar refractivity (Wildman–Crippen MR) is 104 cm³/mol.